The molecule has 0 unspecified atom stereocenters. The summed E-state index contributed by atoms with van der Waals surface area (Å²) in [6.07, 6.45) is 0. The Morgan fingerprint density at radius 2 is 2.00 bits per heavy atom. The summed E-state index contributed by atoms with van der Waals surface area (Å²) in [7, 11) is 3.43. The molecule has 0 bridgehead atoms. The number of carbonyl (C=O) groups is 1. The zero-order valence-electron chi connectivity index (χ0n) is 5.51. The second-order valence-corrected chi connectivity index (χ2v) is 1.63. The number of rotatable bonds is 2. The molecule has 0 rings (SSSR count). The maximum atomic E-state index is 9.77. The summed E-state index contributed by atoms with van der Waals surface area (Å²) >= 11 is 0. The Bertz CT molecular complexity index is 74.4. The number of carboxylic acid groups (broad SMARTS) is 1. The minimum absolute atomic E-state index is 0. The molecule has 0 aromatic heterocycles. The molecule has 0 aromatic carbocycles. The Balaban J connectivity index is 0. The van der Waals surface area contributed by atoms with Crippen LogP contribution >= 0.6 is 0 Å². The van der Waals surface area contributed by atoms with Crippen molar-refractivity contribution in [2.45, 2.75) is 0 Å². The molecular formula is C4H9KNO2+. The monoisotopic (exact) mass is 142 g/mol. The normalized spacial score (nSPS) is 8.38. The fraction of sp³-hybridized carbons (Fsp3) is 0.750. The fourth-order valence-corrected chi connectivity index (χ4v) is 0.271. The quantitative estimate of drug-likeness (QED) is 0.409. The SMILES string of the molecule is CN(C)CC(=O)O.[K+]. The van der Waals surface area contributed by atoms with Crippen LogP contribution in [-0.2, 0) is 4.79 Å². The van der Waals surface area contributed by atoms with Crippen LogP contribution in [0.25, 0.3) is 0 Å². The van der Waals surface area contributed by atoms with Crippen LogP contribution in [0.2, 0.25) is 0 Å². The van der Waals surface area contributed by atoms with Crippen LogP contribution in [0.1, 0.15) is 0 Å². The molecule has 4 heteroatoms. The molecule has 0 aliphatic carbocycles. The predicted molar refractivity (Wildman–Crippen MR) is 26.2 cm³/mol. The van der Waals surface area contributed by atoms with Gasteiger partial charge in [0, 0.05) is 0 Å². The van der Waals surface area contributed by atoms with Crippen molar-refractivity contribution >= 4 is 5.97 Å². The molecule has 0 heterocycles. The molecule has 0 atom stereocenters. The van der Waals surface area contributed by atoms with Gasteiger partial charge in [0.15, 0.2) is 0 Å². The van der Waals surface area contributed by atoms with Crippen LogP contribution in [0.5, 0.6) is 0 Å². The third-order valence-electron chi connectivity index (χ3n) is 0.451. The van der Waals surface area contributed by atoms with Gasteiger partial charge in [0.1, 0.15) is 0 Å². The maximum absolute atomic E-state index is 9.77. The van der Waals surface area contributed by atoms with Crippen molar-refractivity contribution in [3.8, 4) is 0 Å². The van der Waals surface area contributed by atoms with Crippen LogP contribution in [0.4, 0.5) is 0 Å². The molecule has 0 aliphatic heterocycles. The van der Waals surface area contributed by atoms with E-state index in [1.54, 1.807) is 19.0 Å². The number of hydrogen-bond donors (Lipinski definition) is 1. The van der Waals surface area contributed by atoms with Crippen molar-refractivity contribution in [2.24, 2.45) is 0 Å². The summed E-state index contributed by atoms with van der Waals surface area (Å²) in [5, 5.41) is 8.04. The molecule has 3 nitrogen and oxygen atoms in total. The van der Waals surface area contributed by atoms with E-state index < -0.39 is 5.97 Å². The molecule has 0 saturated heterocycles. The van der Waals surface area contributed by atoms with Gasteiger partial charge in [-0.1, -0.05) is 0 Å². The number of nitrogens with zero attached hydrogens (tertiary/aromatic N) is 1. The second kappa shape index (κ2) is 6.19. The van der Waals surface area contributed by atoms with Gasteiger partial charge in [-0.25, -0.2) is 0 Å². The molecular weight excluding hydrogens is 133 g/mol. The van der Waals surface area contributed by atoms with Crippen molar-refractivity contribution in [1.82, 2.24) is 4.90 Å². The first-order valence-corrected chi connectivity index (χ1v) is 1.99. The Hall–Kier alpha value is 1.07. The summed E-state index contributed by atoms with van der Waals surface area (Å²) in [5.41, 5.74) is 0. The van der Waals surface area contributed by atoms with E-state index in [1.165, 1.54) is 0 Å². The van der Waals surface area contributed by atoms with Crippen molar-refractivity contribution in [3.05, 3.63) is 0 Å². The zero-order valence-corrected chi connectivity index (χ0v) is 8.63. The summed E-state index contributed by atoms with van der Waals surface area (Å²) < 4.78 is 0. The average molecular weight is 142 g/mol. The number of aliphatic carboxylic acids is 1. The van der Waals surface area contributed by atoms with Gasteiger partial charge < -0.3 is 5.11 Å². The van der Waals surface area contributed by atoms with Crippen LogP contribution in [-0.4, -0.2) is 36.6 Å². The third-order valence-corrected chi connectivity index (χ3v) is 0.451. The summed E-state index contributed by atoms with van der Waals surface area (Å²) in [4.78, 5) is 11.4. The van der Waals surface area contributed by atoms with Gasteiger partial charge in [0.05, 0.1) is 6.54 Å². The molecule has 0 amide bonds. The maximum Gasteiger partial charge on any atom is 1.00 e. The smallest absolute Gasteiger partial charge is 0.480 e. The van der Waals surface area contributed by atoms with Crippen LogP contribution in [0.15, 0.2) is 0 Å². The molecule has 8 heavy (non-hydrogen) atoms. The van der Waals surface area contributed by atoms with Gasteiger partial charge in [-0.3, -0.25) is 9.69 Å². The van der Waals surface area contributed by atoms with Crippen molar-refractivity contribution in [3.63, 3.8) is 0 Å². The molecule has 42 valence electrons. The number of carboxylic acids is 1. The van der Waals surface area contributed by atoms with Gasteiger partial charge in [-0.15, -0.1) is 0 Å². The first-order valence-electron chi connectivity index (χ1n) is 1.99. The van der Waals surface area contributed by atoms with Crippen LogP contribution < -0.4 is 51.4 Å². The van der Waals surface area contributed by atoms with E-state index in [0.29, 0.717) is 0 Å². The van der Waals surface area contributed by atoms with Gasteiger partial charge >= 0.3 is 57.4 Å². The molecule has 1 N–H and O–H groups in total. The minimum Gasteiger partial charge on any atom is -0.480 e. The van der Waals surface area contributed by atoms with Crippen molar-refractivity contribution in [2.75, 3.05) is 20.6 Å². The standard InChI is InChI=1S/C4H9NO2.K/c1-5(2)3-4(6)7;/h3H2,1-2H3,(H,6,7);/q;+1. The largest absolute Gasteiger partial charge is 1.00 e. The van der Waals surface area contributed by atoms with E-state index in [2.05, 4.69) is 0 Å². The molecule has 0 saturated carbocycles. The first-order chi connectivity index (χ1) is 3.13. The van der Waals surface area contributed by atoms with E-state index in [9.17, 15) is 4.79 Å². The van der Waals surface area contributed by atoms with E-state index in [4.69, 9.17) is 5.11 Å². The molecule has 0 radical (unpaired) electrons. The zero-order chi connectivity index (χ0) is 5.86. The van der Waals surface area contributed by atoms with Crippen molar-refractivity contribution in [1.29, 1.82) is 0 Å². The van der Waals surface area contributed by atoms with E-state index in [0.717, 1.165) is 0 Å². The Labute approximate surface area is 91.5 Å². The molecule has 0 fully saturated rings. The molecule has 0 spiro atoms. The van der Waals surface area contributed by atoms with E-state index in [-0.39, 0.29) is 57.9 Å². The van der Waals surface area contributed by atoms with Crippen LogP contribution in [0, 0.1) is 0 Å². The van der Waals surface area contributed by atoms with Gasteiger partial charge in [0.2, 0.25) is 0 Å². The molecule has 0 aromatic rings. The summed E-state index contributed by atoms with van der Waals surface area (Å²) in [5.74, 6) is -0.787. The van der Waals surface area contributed by atoms with Gasteiger partial charge in [-0.05, 0) is 14.1 Å². The van der Waals surface area contributed by atoms with E-state index >= 15 is 0 Å². The number of hydrogen-bond acceptors (Lipinski definition) is 2. The first kappa shape index (κ1) is 11.8. The van der Waals surface area contributed by atoms with Gasteiger partial charge in [0.25, 0.3) is 0 Å². The Morgan fingerprint density at radius 3 is 2.00 bits per heavy atom. The topological polar surface area (TPSA) is 40.5 Å². The van der Waals surface area contributed by atoms with Crippen molar-refractivity contribution < 1.29 is 61.3 Å². The average Bonchev–Trinajstić information content (AvgIpc) is 1.27. The second-order valence-electron chi connectivity index (χ2n) is 1.63. The molecule has 0 aliphatic rings. The Morgan fingerprint density at radius 1 is 1.62 bits per heavy atom. The summed E-state index contributed by atoms with van der Waals surface area (Å²) in [6, 6.07) is 0. The van der Waals surface area contributed by atoms with E-state index in [1.807, 2.05) is 0 Å². The minimum atomic E-state index is -0.787. The Kier molecular flexibility index (Phi) is 9.14. The predicted octanol–water partition coefficient (Wildman–Crippen LogP) is -3.36. The third kappa shape index (κ3) is 10.1. The van der Waals surface area contributed by atoms with Crippen LogP contribution in [0.3, 0.4) is 0 Å². The fourth-order valence-electron chi connectivity index (χ4n) is 0.271. The summed E-state index contributed by atoms with van der Waals surface area (Å²) in [6.45, 7) is 0.111. The van der Waals surface area contributed by atoms with Gasteiger partial charge in [-0.2, -0.15) is 0 Å². The number of likely N-dealkylation sites (N-methyl/N-ethyl adjacent to an activating group) is 1.